The Hall–Kier alpha value is -0.120. The van der Waals surface area contributed by atoms with Gasteiger partial charge in [-0.1, -0.05) is 6.42 Å². The topological polar surface area (TPSA) is 33.3 Å². The summed E-state index contributed by atoms with van der Waals surface area (Å²) in [5, 5.41) is 7.51. The first-order valence-corrected chi connectivity index (χ1v) is 8.02. The molecule has 3 heteroatoms. The highest BCUT2D eigenvalue weighted by Gasteiger charge is 2.34. The Labute approximate surface area is 111 Å². The van der Waals surface area contributed by atoms with E-state index in [1.165, 1.54) is 57.9 Å². The number of hydrogen-bond acceptors (Lipinski definition) is 3. The summed E-state index contributed by atoms with van der Waals surface area (Å²) in [6.45, 7) is 3.38. The Morgan fingerprint density at radius 3 is 2.83 bits per heavy atom. The Morgan fingerprint density at radius 1 is 1.06 bits per heavy atom. The van der Waals surface area contributed by atoms with Crippen LogP contribution in [0.4, 0.5) is 0 Å². The van der Waals surface area contributed by atoms with Crippen LogP contribution in [0.5, 0.6) is 0 Å². The molecule has 0 spiro atoms. The maximum Gasteiger partial charge on any atom is 0.0588 e. The van der Waals surface area contributed by atoms with Gasteiger partial charge in [-0.2, -0.15) is 0 Å². The molecule has 0 aromatic carbocycles. The molecule has 4 atom stereocenters. The van der Waals surface area contributed by atoms with Crippen molar-refractivity contribution in [3.05, 3.63) is 0 Å². The Balaban J connectivity index is 1.40. The van der Waals surface area contributed by atoms with Crippen LogP contribution in [0.15, 0.2) is 0 Å². The van der Waals surface area contributed by atoms with Gasteiger partial charge in [-0.3, -0.25) is 0 Å². The van der Waals surface area contributed by atoms with Gasteiger partial charge in [0, 0.05) is 18.7 Å². The summed E-state index contributed by atoms with van der Waals surface area (Å²) in [6.07, 6.45) is 11.3. The number of ether oxygens (including phenoxy) is 1. The molecule has 3 fully saturated rings. The van der Waals surface area contributed by atoms with Crippen LogP contribution in [-0.4, -0.2) is 37.9 Å². The van der Waals surface area contributed by atoms with Gasteiger partial charge in [0.2, 0.25) is 0 Å². The maximum atomic E-state index is 5.69. The van der Waals surface area contributed by atoms with Crippen LogP contribution in [0.2, 0.25) is 0 Å². The van der Waals surface area contributed by atoms with Crippen LogP contribution in [0.25, 0.3) is 0 Å². The minimum Gasteiger partial charge on any atom is -0.378 e. The third-order valence-electron chi connectivity index (χ3n) is 5.08. The van der Waals surface area contributed by atoms with E-state index in [4.69, 9.17) is 4.74 Å². The van der Waals surface area contributed by atoms with E-state index in [1.807, 2.05) is 0 Å². The summed E-state index contributed by atoms with van der Waals surface area (Å²) in [5.74, 6) is 0.886. The van der Waals surface area contributed by atoms with Gasteiger partial charge < -0.3 is 15.4 Å². The molecule has 0 amide bonds. The van der Waals surface area contributed by atoms with Crippen LogP contribution in [0.1, 0.15) is 51.4 Å². The minimum atomic E-state index is 0.543. The Morgan fingerprint density at radius 2 is 2.06 bits per heavy atom. The van der Waals surface area contributed by atoms with Crippen molar-refractivity contribution in [2.45, 2.75) is 69.6 Å². The summed E-state index contributed by atoms with van der Waals surface area (Å²) in [4.78, 5) is 0. The van der Waals surface area contributed by atoms with E-state index in [0.717, 1.165) is 31.2 Å². The minimum absolute atomic E-state index is 0.543. The fourth-order valence-electron chi connectivity index (χ4n) is 4.10. The normalized spacial score (nSPS) is 40.7. The summed E-state index contributed by atoms with van der Waals surface area (Å²) in [5.41, 5.74) is 0. The van der Waals surface area contributed by atoms with E-state index in [0.29, 0.717) is 6.10 Å². The highest BCUT2D eigenvalue weighted by molar-refractivity contribution is 4.93. The molecular formula is C15H28N2O. The Bertz CT molecular complexity index is 247. The van der Waals surface area contributed by atoms with E-state index < -0.39 is 0 Å². The van der Waals surface area contributed by atoms with E-state index in [2.05, 4.69) is 10.6 Å². The largest absolute Gasteiger partial charge is 0.378 e. The predicted molar refractivity (Wildman–Crippen MR) is 73.7 cm³/mol. The molecule has 3 rings (SSSR count). The summed E-state index contributed by atoms with van der Waals surface area (Å²) >= 11 is 0. The van der Waals surface area contributed by atoms with Crippen LogP contribution in [0, 0.1) is 5.92 Å². The molecule has 3 aliphatic rings. The van der Waals surface area contributed by atoms with Crippen molar-refractivity contribution < 1.29 is 4.74 Å². The van der Waals surface area contributed by atoms with Crippen molar-refractivity contribution in [1.29, 1.82) is 0 Å². The molecule has 4 unspecified atom stereocenters. The molecule has 2 N–H and O–H groups in total. The van der Waals surface area contributed by atoms with Crippen molar-refractivity contribution in [3.63, 3.8) is 0 Å². The second kappa shape index (κ2) is 6.36. The van der Waals surface area contributed by atoms with Crippen LogP contribution in [0.3, 0.4) is 0 Å². The van der Waals surface area contributed by atoms with Crippen LogP contribution >= 0.6 is 0 Å². The molecule has 0 radical (unpaired) electrons. The number of rotatable bonds is 5. The first kappa shape index (κ1) is 12.9. The standard InChI is InChI=1S/C15H28N2O/c1-5-13(15-7-2-9-16-15)14(6-1)17-10-8-12-4-3-11-18-12/h12-17H,1-11H2. The molecule has 1 aliphatic carbocycles. The van der Waals surface area contributed by atoms with Crippen molar-refractivity contribution in [2.24, 2.45) is 5.92 Å². The summed E-state index contributed by atoms with van der Waals surface area (Å²) in [7, 11) is 0. The van der Waals surface area contributed by atoms with Crippen molar-refractivity contribution >= 4 is 0 Å². The molecule has 2 saturated heterocycles. The van der Waals surface area contributed by atoms with E-state index >= 15 is 0 Å². The first-order valence-electron chi connectivity index (χ1n) is 8.02. The molecule has 0 bridgehead atoms. The molecule has 2 heterocycles. The van der Waals surface area contributed by atoms with Crippen LogP contribution < -0.4 is 10.6 Å². The van der Waals surface area contributed by atoms with Gasteiger partial charge >= 0.3 is 0 Å². The molecule has 104 valence electrons. The fourth-order valence-corrected chi connectivity index (χ4v) is 4.10. The van der Waals surface area contributed by atoms with Crippen LogP contribution in [-0.2, 0) is 4.74 Å². The third kappa shape index (κ3) is 3.06. The van der Waals surface area contributed by atoms with Gasteiger partial charge in [-0.05, 0) is 64.0 Å². The SMILES string of the molecule is C1COC(CCNC2CCCC2C2CCCN2)C1. The van der Waals surface area contributed by atoms with Gasteiger partial charge in [0.05, 0.1) is 6.10 Å². The lowest BCUT2D eigenvalue weighted by Crippen LogP contribution is -2.42. The van der Waals surface area contributed by atoms with Gasteiger partial charge in [0.15, 0.2) is 0 Å². The average molecular weight is 252 g/mol. The zero-order chi connectivity index (χ0) is 12.2. The van der Waals surface area contributed by atoms with Gasteiger partial charge in [0.1, 0.15) is 0 Å². The quantitative estimate of drug-likeness (QED) is 0.786. The summed E-state index contributed by atoms with van der Waals surface area (Å²) < 4.78 is 5.69. The highest BCUT2D eigenvalue weighted by atomic mass is 16.5. The number of nitrogens with one attached hydrogen (secondary N) is 2. The lowest BCUT2D eigenvalue weighted by molar-refractivity contribution is 0.103. The zero-order valence-electron chi connectivity index (χ0n) is 11.5. The van der Waals surface area contributed by atoms with E-state index in [1.54, 1.807) is 0 Å². The molecule has 1 saturated carbocycles. The molecule has 0 aromatic heterocycles. The molecule has 0 aromatic rings. The van der Waals surface area contributed by atoms with Crippen molar-refractivity contribution in [1.82, 2.24) is 10.6 Å². The smallest absolute Gasteiger partial charge is 0.0588 e. The van der Waals surface area contributed by atoms with E-state index in [-0.39, 0.29) is 0 Å². The second-order valence-electron chi connectivity index (χ2n) is 6.28. The van der Waals surface area contributed by atoms with Crippen molar-refractivity contribution in [2.75, 3.05) is 19.7 Å². The van der Waals surface area contributed by atoms with E-state index in [9.17, 15) is 0 Å². The van der Waals surface area contributed by atoms with Gasteiger partial charge in [0.25, 0.3) is 0 Å². The number of hydrogen-bond donors (Lipinski definition) is 2. The fraction of sp³-hybridized carbons (Fsp3) is 1.00. The third-order valence-corrected chi connectivity index (χ3v) is 5.08. The molecule has 2 aliphatic heterocycles. The monoisotopic (exact) mass is 252 g/mol. The van der Waals surface area contributed by atoms with Gasteiger partial charge in [-0.15, -0.1) is 0 Å². The second-order valence-corrected chi connectivity index (χ2v) is 6.28. The molecule has 18 heavy (non-hydrogen) atoms. The zero-order valence-corrected chi connectivity index (χ0v) is 11.5. The predicted octanol–water partition coefficient (Wildman–Crippen LogP) is 2.07. The van der Waals surface area contributed by atoms with Gasteiger partial charge in [-0.25, -0.2) is 0 Å². The molecular weight excluding hydrogens is 224 g/mol. The maximum absolute atomic E-state index is 5.69. The van der Waals surface area contributed by atoms with Crippen molar-refractivity contribution in [3.8, 4) is 0 Å². The lowest BCUT2D eigenvalue weighted by Gasteiger charge is -2.27. The highest BCUT2D eigenvalue weighted by Crippen LogP contribution is 2.32. The Kier molecular flexibility index (Phi) is 4.55. The lowest BCUT2D eigenvalue weighted by atomic mass is 9.93. The summed E-state index contributed by atoms with van der Waals surface area (Å²) in [6, 6.07) is 1.56. The molecule has 3 nitrogen and oxygen atoms in total. The average Bonchev–Trinajstić information content (AvgIpc) is 3.12. The first-order chi connectivity index (χ1) is 8.93.